The standard InChI is InChI=1S/C15H15Cl2N3O.C4H8O2/c1-9-8-20(5-4-18-9)15(21)10-2-3-11-12(16)7-14(17)19-13(11)6-10;1-2-3-4(5)6/h2-3,6-7,9,18H,4-5,8H2,1H3;2-3H2,1H3,(H,5,6)/t9-;/m0./s1. The molecule has 1 aromatic carbocycles. The van der Waals surface area contributed by atoms with Gasteiger partial charge >= 0.3 is 5.97 Å². The molecule has 1 fully saturated rings. The molecule has 1 atom stereocenters. The van der Waals surface area contributed by atoms with E-state index in [1.54, 1.807) is 18.2 Å². The number of hydrogen-bond acceptors (Lipinski definition) is 4. The molecule has 8 heteroatoms. The van der Waals surface area contributed by atoms with Crippen molar-refractivity contribution in [3.8, 4) is 0 Å². The summed E-state index contributed by atoms with van der Waals surface area (Å²) in [5, 5.41) is 12.9. The topological polar surface area (TPSA) is 82.5 Å². The predicted molar refractivity (Wildman–Crippen MR) is 108 cm³/mol. The van der Waals surface area contributed by atoms with E-state index in [0.717, 1.165) is 18.4 Å². The summed E-state index contributed by atoms with van der Waals surface area (Å²) in [5.74, 6) is -0.694. The average molecular weight is 412 g/mol. The Morgan fingerprint density at radius 2 is 2.07 bits per heavy atom. The maximum Gasteiger partial charge on any atom is 0.303 e. The molecule has 0 saturated carbocycles. The number of carbonyl (C=O) groups is 2. The first-order valence-corrected chi connectivity index (χ1v) is 9.57. The first kappa shape index (κ1) is 21.4. The van der Waals surface area contributed by atoms with E-state index >= 15 is 0 Å². The van der Waals surface area contributed by atoms with Gasteiger partial charge < -0.3 is 15.3 Å². The van der Waals surface area contributed by atoms with Crippen LogP contribution in [0, 0.1) is 0 Å². The van der Waals surface area contributed by atoms with Gasteiger partial charge in [0, 0.05) is 43.0 Å². The fourth-order valence-corrected chi connectivity index (χ4v) is 3.32. The van der Waals surface area contributed by atoms with Crippen LogP contribution in [0.2, 0.25) is 10.2 Å². The second-order valence-corrected chi connectivity index (χ2v) is 7.20. The third kappa shape index (κ3) is 6.06. The van der Waals surface area contributed by atoms with E-state index < -0.39 is 5.97 Å². The Labute approximate surface area is 168 Å². The summed E-state index contributed by atoms with van der Waals surface area (Å²) in [6, 6.07) is 7.27. The molecular formula is C19H23Cl2N3O3. The molecule has 1 amide bonds. The van der Waals surface area contributed by atoms with Crippen LogP contribution in [0.25, 0.3) is 10.9 Å². The smallest absolute Gasteiger partial charge is 0.303 e. The lowest BCUT2D eigenvalue weighted by Crippen LogP contribution is -2.51. The Morgan fingerprint density at radius 3 is 2.67 bits per heavy atom. The Kier molecular flexibility index (Phi) is 7.83. The molecule has 1 aliphatic rings. The third-order valence-corrected chi connectivity index (χ3v) is 4.60. The highest BCUT2D eigenvalue weighted by Gasteiger charge is 2.22. The molecule has 1 aromatic heterocycles. The van der Waals surface area contributed by atoms with E-state index in [2.05, 4.69) is 17.2 Å². The van der Waals surface area contributed by atoms with Crippen LogP contribution in [0.3, 0.4) is 0 Å². The van der Waals surface area contributed by atoms with Crippen LogP contribution < -0.4 is 5.32 Å². The van der Waals surface area contributed by atoms with E-state index in [1.165, 1.54) is 0 Å². The number of aliphatic carboxylic acids is 1. The number of fused-ring (bicyclic) bond motifs is 1. The fraction of sp³-hybridized carbons (Fsp3) is 0.421. The number of halogens is 2. The van der Waals surface area contributed by atoms with Gasteiger partial charge in [0.15, 0.2) is 0 Å². The number of pyridine rings is 1. The lowest BCUT2D eigenvalue weighted by molar-refractivity contribution is -0.137. The zero-order valence-electron chi connectivity index (χ0n) is 15.3. The van der Waals surface area contributed by atoms with Crippen molar-refractivity contribution in [1.82, 2.24) is 15.2 Å². The van der Waals surface area contributed by atoms with Crippen LogP contribution in [0.15, 0.2) is 24.3 Å². The number of piperazine rings is 1. The summed E-state index contributed by atoms with van der Waals surface area (Å²) in [6.07, 6.45) is 1.02. The average Bonchev–Trinajstić information content (AvgIpc) is 2.61. The molecule has 2 N–H and O–H groups in total. The zero-order chi connectivity index (χ0) is 20.0. The highest BCUT2D eigenvalue weighted by molar-refractivity contribution is 6.37. The number of amides is 1. The summed E-state index contributed by atoms with van der Waals surface area (Å²) >= 11 is 12.1. The number of hydrogen-bond donors (Lipinski definition) is 2. The van der Waals surface area contributed by atoms with Crippen molar-refractivity contribution in [2.75, 3.05) is 19.6 Å². The zero-order valence-corrected chi connectivity index (χ0v) is 16.8. The first-order chi connectivity index (χ1) is 12.8. The van der Waals surface area contributed by atoms with Crippen LogP contribution in [0.1, 0.15) is 37.0 Å². The monoisotopic (exact) mass is 411 g/mol. The molecule has 1 saturated heterocycles. The van der Waals surface area contributed by atoms with Crippen molar-refractivity contribution in [1.29, 1.82) is 0 Å². The van der Waals surface area contributed by atoms with Gasteiger partial charge in [-0.15, -0.1) is 0 Å². The molecule has 0 aliphatic carbocycles. The van der Waals surface area contributed by atoms with Crippen LogP contribution in [-0.4, -0.2) is 52.5 Å². The number of aromatic nitrogens is 1. The number of nitrogens with zero attached hydrogens (tertiary/aromatic N) is 2. The number of carboxylic acids is 1. The number of carboxylic acid groups (broad SMARTS) is 1. The van der Waals surface area contributed by atoms with Gasteiger partial charge in [-0.2, -0.15) is 0 Å². The molecule has 0 radical (unpaired) electrons. The van der Waals surface area contributed by atoms with Crippen LogP contribution in [0.5, 0.6) is 0 Å². The van der Waals surface area contributed by atoms with E-state index in [1.807, 2.05) is 17.9 Å². The Balaban J connectivity index is 0.000000380. The largest absolute Gasteiger partial charge is 0.481 e. The van der Waals surface area contributed by atoms with E-state index in [4.69, 9.17) is 28.3 Å². The van der Waals surface area contributed by atoms with Crippen molar-refractivity contribution in [2.45, 2.75) is 32.7 Å². The Bertz CT molecular complexity index is 829. The van der Waals surface area contributed by atoms with Crippen molar-refractivity contribution in [2.24, 2.45) is 0 Å². The summed E-state index contributed by atoms with van der Waals surface area (Å²) in [5.41, 5.74) is 1.25. The van der Waals surface area contributed by atoms with E-state index in [-0.39, 0.29) is 5.91 Å². The fourth-order valence-electron chi connectivity index (χ4n) is 2.80. The van der Waals surface area contributed by atoms with Gasteiger partial charge in [0.1, 0.15) is 5.15 Å². The predicted octanol–water partition coefficient (Wildman–Crippen LogP) is 3.85. The van der Waals surface area contributed by atoms with Crippen LogP contribution in [-0.2, 0) is 4.79 Å². The second kappa shape index (κ2) is 9.88. The molecule has 6 nitrogen and oxygen atoms in total. The molecule has 2 heterocycles. The van der Waals surface area contributed by atoms with Gasteiger partial charge in [0.05, 0.1) is 10.5 Å². The van der Waals surface area contributed by atoms with Gasteiger partial charge in [0.25, 0.3) is 5.91 Å². The first-order valence-electron chi connectivity index (χ1n) is 8.82. The molecule has 1 aliphatic heterocycles. The molecule has 0 bridgehead atoms. The van der Waals surface area contributed by atoms with Crippen molar-refractivity contribution in [3.05, 3.63) is 40.0 Å². The van der Waals surface area contributed by atoms with E-state index in [9.17, 15) is 9.59 Å². The van der Waals surface area contributed by atoms with Crippen molar-refractivity contribution in [3.63, 3.8) is 0 Å². The third-order valence-electron chi connectivity index (χ3n) is 4.09. The minimum absolute atomic E-state index is 0.0168. The minimum atomic E-state index is -0.711. The summed E-state index contributed by atoms with van der Waals surface area (Å²) in [6.45, 7) is 6.15. The number of carbonyl (C=O) groups excluding carboxylic acids is 1. The lowest BCUT2D eigenvalue weighted by atomic mass is 10.1. The highest BCUT2D eigenvalue weighted by Crippen LogP contribution is 2.26. The van der Waals surface area contributed by atoms with Crippen LogP contribution in [0.4, 0.5) is 0 Å². The molecule has 0 spiro atoms. The van der Waals surface area contributed by atoms with Gasteiger partial charge in [-0.05, 0) is 31.5 Å². The molecule has 146 valence electrons. The quantitative estimate of drug-likeness (QED) is 0.749. The van der Waals surface area contributed by atoms with Crippen LogP contribution >= 0.6 is 23.2 Å². The summed E-state index contributed by atoms with van der Waals surface area (Å²) in [7, 11) is 0. The second-order valence-electron chi connectivity index (χ2n) is 6.41. The normalized spacial score (nSPS) is 16.6. The Morgan fingerprint density at radius 1 is 1.33 bits per heavy atom. The van der Waals surface area contributed by atoms with Gasteiger partial charge in [0.2, 0.25) is 0 Å². The van der Waals surface area contributed by atoms with Crippen molar-refractivity contribution >= 4 is 46.0 Å². The van der Waals surface area contributed by atoms with Gasteiger partial charge in [-0.25, -0.2) is 4.98 Å². The lowest BCUT2D eigenvalue weighted by Gasteiger charge is -2.32. The molecule has 2 aromatic rings. The SMILES string of the molecule is CCCC(=O)O.C[C@H]1CN(C(=O)c2ccc3c(Cl)cc(Cl)nc3c2)CCN1. The maximum absolute atomic E-state index is 12.6. The number of benzene rings is 1. The van der Waals surface area contributed by atoms with Crippen molar-refractivity contribution < 1.29 is 14.7 Å². The summed E-state index contributed by atoms with van der Waals surface area (Å²) in [4.78, 5) is 28.3. The molecular weight excluding hydrogens is 389 g/mol. The van der Waals surface area contributed by atoms with Gasteiger partial charge in [-0.3, -0.25) is 9.59 Å². The van der Waals surface area contributed by atoms with E-state index in [0.29, 0.717) is 46.8 Å². The molecule has 0 unspecified atom stereocenters. The molecule has 3 rings (SSSR count). The summed E-state index contributed by atoms with van der Waals surface area (Å²) < 4.78 is 0. The minimum Gasteiger partial charge on any atom is -0.481 e. The number of nitrogens with one attached hydrogen (secondary N) is 1. The highest BCUT2D eigenvalue weighted by atomic mass is 35.5. The Hall–Kier alpha value is -1.89. The maximum atomic E-state index is 12.6. The molecule has 27 heavy (non-hydrogen) atoms. The van der Waals surface area contributed by atoms with Gasteiger partial charge in [-0.1, -0.05) is 36.2 Å². The number of rotatable bonds is 3.